The molecule has 0 fully saturated rings. The molecule has 0 unspecified atom stereocenters. The van der Waals surface area contributed by atoms with Crippen molar-refractivity contribution in [2.45, 2.75) is 19.6 Å². The maximum absolute atomic E-state index is 13.6. The van der Waals surface area contributed by atoms with Crippen molar-refractivity contribution in [2.75, 3.05) is 0 Å². The lowest BCUT2D eigenvalue weighted by Gasteiger charge is -2.12. The fourth-order valence-corrected chi connectivity index (χ4v) is 2.89. The van der Waals surface area contributed by atoms with Crippen LogP contribution in [-0.2, 0) is 16.2 Å². The number of hydrogen-bond acceptors (Lipinski definition) is 5. The van der Waals surface area contributed by atoms with Gasteiger partial charge in [-0.3, -0.25) is 0 Å². The zero-order valence-electron chi connectivity index (χ0n) is 16.6. The zero-order chi connectivity index (χ0) is 22.2. The molecule has 0 saturated heterocycles. The predicted octanol–water partition coefficient (Wildman–Crippen LogP) is 4.80. The first-order valence-corrected chi connectivity index (χ1v) is 10.1. The third-order valence-corrected chi connectivity index (χ3v) is 4.67. The first-order valence-electron chi connectivity index (χ1n) is 9.35. The van der Waals surface area contributed by atoms with Crippen LogP contribution in [0.3, 0.4) is 0 Å². The highest BCUT2D eigenvalue weighted by molar-refractivity contribution is 9.10. The lowest BCUT2D eigenvalue weighted by Crippen LogP contribution is -2.26. The Morgan fingerprint density at radius 3 is 2.52 bits per heavy atom. The summed E-state index contributed by atoms with van der Waals surface area (Å²) in [5, 5.41) is 3.67. The maximum Gasteiger partial charge on any atom is 0.374 e. The molecule has 0 heterocycles. The van der Waals surface area contributed by atoms with Crippen molar-refractivity contribution in [3.05, 3.63) is 94.2 Å². The Hall–Kier alpha value is -3.39. The second-order valence-corrected chi connectivity index (χ2v) is 7.42. The van der Waals surface area contributed by atoms with E-state index in [9.17, 15) is 9.18 Å². The Labute approximate surface area is 187 Å². The van der Waals surface area contributed by atoms with Crippen LogP contribution in [0.15, 0.2) is 82.4 Å². The van der Waals surface area contributed by atoms with Gasteiger partial charge in [0.2, 0.25) is 0 Å². The summed E-state index contributed by atoms with van der Waals surface area (Å²) < 4.78 is 25.6. The Kier molecular flexibility index (Phi) is 7.61. The van der Waals surface area contributed by atoms with Gasteiger partial charge in [-0.1, -0.05) is 45.4 Å². The molecule has 0 aliphatic carbocycles. The first-order chi connectivity index (χ1) is 14.9. The Morgan fingerprint density at radius 2 is 1.81 bits per heavy atom. The molecule has 0 spiro atoms. The second-order valence-electron chi connectivity index (χ2n) is 6.51. The number of rotatable bonds is 8. The number of hydrogen-bond donors (Lipinski definition) is 1. The summed E-state index contributed by atoms with van der Waals surface area (Å²) in [6, 6.07) is 20.1. The van der Waals surface area contributed by atoms with E-state index in [1.807, 2.05) is 6.07 Å². The van der Waals surface area contributed by atoms with Crippen molar-refractivity contribution in [3.63, 3.8) is 0 Å². The summed E-state index contributed by atoms with van der Waals surface area (Å²) in [6.45, 7) is 1.65. The minimum atomic E-state index is -0.875. The molecule has 2 N–H and O–H groups in total. The average Bonchev–Trinajstić information content (AvgIpc) is 2.77. The molecule has 6 nitrogen and oxygen atoms in total. The molecule has 0 saturated carbocycles. The molecule has 0 amide bonds. The lowest BCUT2D eigenvalue weighted by molar-refractivity contribution is -0.151. The molecular weight excluding hydrogens is 467 g/mol. The van der Waals surface area contributed by atoms with Gasteiger partial charge in [0.15, 0.2) is 11.9 Å². The van der Waals surface area contributed by atoms with E-state index in [-0.39, 0.29) is 18.3 Å². The van der Waals surface area contributed by atoms with Crippen LogP contribution in [0.25, 0.3) is 0 Å². The standard InChI is InChI=1S/C23H20BrFN2O4/c1-15(30-20-7-4-6-18(24)13-20)23(28)31-27-22(26)16-9-11-19(12-10-16)29-14-17-5-2-3-8-21(17)25/h2-13,15H,14H2,1H3,(H2,26,27)/t15-/m1/s1. The number of nitrogens with zero attached hydrogens (tertiary/aromatic N) is 1. The normalized spacial score (nSPS) is 12.2. The minimum Gasteiger partial charge on any atom is -0.489 e. The van der Waals surface area contributed by atoms with Crippen molar-refractivity contribution in [1.29, 1.82) is 0 Å². The predicted molar refractivity (Wildman–Crippen MR) is 118 cm³/mol. The third kappa shape index (κ3) is 6.55. The van der Waals surface area contributed by atoms with E-state index >= 15 is 0 Å². The number of amidine groups is 1. The highest BCUT2D eigenvalue weighted by Gasteiger charge is 2.17. The summed E-state index contributed by atoms with van der Waals surface area (Å²) >= 11 is 3.33. The second kappa shape index (κ2) is 10.6. The molecule has 3 aromatic rings. The van der Waals surface area contributed by atoms with Gasteiger partial charge in [-0.05, 0) is 55.5 Å². The topological polar surface area (TPSA) is 83.1 Å². The van der Waals surface area contributed by atoms with Crippen LogP contribution >= 0.6 is 15.9 Å². The molecule has 160 valence electrons. The van der Waals surface area contributed by atoms with E-state index in [1.165, 1.54) is 6.07 Å². The van der Waals surface area contributed by atoms with Gasteiger partial charge in [-0.15, -0.1) is 0 Å². The molecule has 0 bridgehead atoms. The van der Waals surface area contributed by atoms with Crippen LogP contribution in [-0.4, -0.2) is 17.9 Å². The van der Waals surface area contributed by atoms with Crippen LogP contribution in [0.4, 0.5) is 4.39 Å². The summed E-state index contributed by atoms with van der Waals surface area (Å²) in [6.07, 6.45) is -0.875. The summed E-state index contributed by atoms with van der Waals surface area (Å²) in [5.74, 6) is 0.0569. The number of benzene rings is 3. The van der Waals surface area contributed by atoms with Gasteiger partial charge in [0.25, 0.3) is 0 Å². The van der Waals surface area contributed by atoms with Gasteiger partial charge >= 0.3 is 5.97 Å². The summed E-state index contributed by atoms with van der Waals surface area (Å²) in [5.41, 5.74) is 6.88. The smallest absolute Gasteiger partial charge is 0.374 e. The minimum absolute atomic E-state index is 0.0173. The lowest BCUT2D eigenvalue weighted by atomic mass is 10.2. The molecule has 31 heavy (non-hydrogen) atoms. The largest absolute Gasteiger partial charge is 0.489 e. The van der Waals surface area contributed by atoms with Crippen LogP contribution < -0.4 is 15.2 Å². The van der Waals surface area contributed by atoms with E-state index in [4.69, 9.17) is 20.0 Å². The van der Waals surface area contributed by atoms with Crippen LogP contribution in [0.5, 0.6) is 11.5 Å². The molecule has 0 aliphatic rings. The fraction of sp³-hybridized carbons (Fsp3) is 0.130. The molecule has 1 atom stereocenters. The van der Waals surface area contributed by atoms with E-state index in [0.717, 1.165) is 4.47 Å². The SMILES string of the molecule is C[C@@H](Oc1cccc(Br)c1)C(=O)O/N=C(/N)c1ccc(OCc2ccccc2F)cc1. The molecule has 8 heteroatoms. The van der Waals surface area contributed by atoms with Gasteiger partial charge in [-0.25, -0.2) is 9.18 Å². The Morgan fingerprint density at radius 1 is 1.06 bits per heavy atom. The van der Waals surface area contributed by atoms with E-state index in [0.29, 0.717) is 22.6 Å². The van der Waals surface area contributed by atoms with Crippen molar-refractivity contribution >= 4 is 27.7 Å². The van der Waals surface area contributed by atoms with Crippen LogP contribution in [0.2, 0.25) is 0 Å². The van der Waals surface area contributed by atoms with Crippen molar-refractivity contribution < 1.29 is 23.5 Å². The van der Waals surface area contributed by atoms with Crippen LogP contribution in [0.1, 0.15) is 18.1 Å². The molecule has 0 aromatic heterocycles. The van der Waals surface area contributed by atoms with Gasteiger partial charge in [0.05, 0.1) is 0 Å². The average molecular weight is 487 g/mol. The van der Waals surface area contributed by atoms with E-state index < -0.39 is 12.1 Å². The number of oxime groups is 1. The quantitative estimate of drug-likeness (QED) is 0.214. The van der Waals surface area contributed by atoms with Gasteiger partial charge in [0, 0.05) is 15.6 Å². The van der Waals surface area contributed by atoms with E-state index in [2.05, 4.69) is 21.1 Å². The van der Waals surface area contributed by atoms with Crippen LogP contribution in [0, 0.1) is 5.82 Å². The first kappa shape index (κ1) is 22.3. The van der Waals surface area contributed by atoms with E-state index in [1.54, 1.807) is 67.6 Å². The summed E-state index contributed by atoms with van der Waals surface area (Å²) in [7, 11) is 0. The molecular formula is C23H20BrFN2O4. The Bertz CT molecular complexity index is 1070. The fourth-order valence-electron chi connectivity index (χ4n) is 2.51. The highest BCUT2D eigenvalue weighted by atomic mass is 79.9. The van der Waals surface area contributed by atoms with Crippen molar-refractivity contribution in [2.24, 2.45) is 10.9 Å². The molecule has 3 aromatic carbocycles. The number of halogens is 2. The third-order valence-electron chi connectivity index (χ3n) is 4.18. The number of ether oxygens (including phenoxy) is 2. The highest BCUT2D eigenvalue weighted by Crippen LogP contribution is 2.19. The molecule has 0 radical (unpaired) electrons. The monoisotopic (exact) mass is 486 g/mol. The molecule has 3 rings (SSSR count). The number of carbonyl (C=O) groups is 1. The molecule has 0 aliphatic heterocycles. The maximum atomic E-state index is 13.6. The number of carbonyl (C=O) groups excluding carboxylic acids is 1. The van der Waals surface area contributed by atoms with Crippen molar-refractivity contribution in [3.8, 4) is 11.5 Å². The van der Waals surface area contributed by atoms with Gasteiger partial charge < -0.3 is 20.0 Å². The summed E-state index contributed by atoms with van der Waals surface area (Å²) in [4.78, 5) is 17.0. The van der Waals surface area contributed by atoms with Crippen molar-refractivity contribution in [1.82, 2.24) is 0 Å². The number of nitrogens with two attached hydrogens (primary N) is 1. The zero-order valence-corrected chi connectivity index (χ0v) is 18.2. The van der Waals surface area contributed by atoms with Gasteiger partial charge in [0.1, 0.15) is 23.9 Å². The van der Waals surface area contributed by atoms with Gasteiger partial charge in [-0.2, -0.15) is 0 Å². The Balaban J connectivity index is 1.53.